The van der Waals surface area contributed by atoms with Crippen molar-refractivity contribution in [1.82, 2.24) is 9.47 Å². The number of para-hydroxylation sites is 1. The minimum absolute atomic E-state index is 0.113. The van der Waals surface area contributed by atoms with Crippen molar-refractivity contribution in [2.24, 2.45) is 0 Å². The zero-order chi connectivity index (χ0) is 21.4. The highest BCUT2D eigenvalue weighted by Gasteiger charge is 2.32. The van der Waals surface area contributed by atoms with Gasteiger partial charge in [0.15, 0.2) is 11.6 Å². The summed E-state index contributed by atoms with van der Waals surface area (Å²) in [5.41, 5.74) is 2.80. The number of hydrogen-bond acceptors (Lipinski definition) is 3. The van der Waals surface area contributed by atoms with Gasteiger partial charge in [-0.25, -0.2) is 0 Å². The number of fused-ring (bicyclic) bond motifs is 2. The third-order valence-electron chi connectivity index (χ3n) is 6.29. The van der Waals surface area contributed by atoms with E-state index in [1.807, 2.05) is 39.9 Å². The number of ketones is 2. The smallest absolute Gasteiger partial charge is 0.242 e. The zero-order valence-electron chi connectivity index (χ0n) is 17.3. The first-order valence-electron chi connectivity index (χ1n) is 10.9. The fourth-order valence-electron chi connectivity index (χ4n) is 4.65. The Labute approximate surface area is 181 Å². The lowest BCUT2D eigenvalue weighted by molar-refractivity contribution is -0.131. The van der Waals surface area contributed by atoms with Crippen LogP contribution in [-0.2, 0) is 11.3 Å². The maximum atomic E-state index is 13.0. The predicted octanol–water partition coefficient (Wildman–Crippen LogP) is 4.51. The molecule has 3 aromatic rings. The van der Waals surface area contributed by atoms with E-state index in [9.17, 15) is 14.4 Å². The molecule has 5 nitrogen and oxygen atoms in total. The third kappa shape index (κ3) is 3.50. The average molecular weight is 412 g/mol. The van der Waals surface area contributed by atoms with Crippen molar-refractivity contribution in [3.63, 3.8) is 0 Å². The molecule has 2 aromatic carbocycles. The number of carbonyl (C=O) groups excluding carboxylic acids is 3. The number of amides is 1. The second-order valence-electron chi connectivity index (χ2n) is 8.29. The maximum Gasteiger partial charge on any atom is 0.242 e. The van der Waals surface area contributed by atoms with E-state index in [1.54, 1.807) is 30.3 Å². The molecule has 0 radical (unpaired) electrons. The fraction of sp³-hybridized carbons (Fsp3) is 0.269. The number of likely N-dealkylation sites (tertiary alicyclic amines) is 1. The first kappa shape index (κ1) is 19.5. The molecule has 156 valence electrons. The number of benzene rings is 2. The van der Waals surface area contributed by atoms with E-state index < -0.39 is 0 Å². The van der Waals surface area contributed by atoms with Crippen LogP contribution in [0.2, 0.25) is 0 Å². The topological polar surface area (TPSA) is 59.4 Å². The SMILES string of the molecule is O=C1C(=Cc2cn(CC(=O)N3CCCCCC3)c3ccccc23)C(=O)c2ccccc21. The first-order valence-corrected chi connectivity index (χ1v) is 10.9. The Kier molecular flexibility index (Phi) is 5.02. The molecule has 1 aliphatic carbocycles. The quantitative estimate of drug-likeness (QED) is 0.470. The lowest BCUT2D eigenvalue weighted by Gasteiger charge is -2.20. The summed E-state index contributed by atoms with van der Waals surface area (Å²) < 4.78 is 1.94. The summed E-state index contributed by atoms with van der Waals surface area (Å²) in [6, 6.07) is 14.7. The van der Waals surface area contributed by atoms with E-state index >= 15 is 0 Å². The van der Waals surface area contributed by atoms with Gasteiger partial charge in [-0.15, -0.1) is 0 Å². The molecule has 1 aromatic heterocycles. The van der Waals surface area contributed by atoms with Crippen molar-refractivity contribution in [2.75, 3.05) is 13.1 Å². The summed E-state index contributed by atoms with van der Waals surface area (Å²) in [5.74, 6) is -0.363. The predicted molar refractivity (Wildman–Crippen MR) is 120 cm³/mol. The second kappa shape index (κ2) is 7.99. The van der Waals surface area contributed by atoms with Crippen LogP contribution in [0.3, 0.4) is 0 Å². The summed E-state index contributed by atoms with van der Waals surface area (Å²) >= 11 is 0. The number of Topliss-reactive ketones (excluding diaryl/α,β-unsaturated/α-hetero) is 2. The van der Waals surface area contributed by atoms with Crippen LogP contribution in [0, 0.1) is 0 Å². The van der Waals surface area contributed by atoms with E-state index in [-0.39, 0.29) is 29.6 Å². The van der Waals surface area contributed by atoms with E-state index in [1.165, 1.54) is 12.8 Å². The summed E-state index contributed by atoms with van der Waals surface area (Å²) in [6.07, 6.45) is 8.04. The van der Waals surface area contributed by atoms with Crippen LogP contribution in [0.1, 0.15) is 52.0 Å². The molecule has 0 spiro atoms. The van der Waals surface area contributed by atoms with Crippen molar-refractivity contribution in [1.29, 1.82) is 0 Å². The van der Waals surface area contributed by atoms with Gasteiger partial charge in [-0.2, -0.15) is 0 Å². The van der Waals surface area contributed by atoms with Crippen LogP contribution in [0.5, 0.6) is 0 Å². The van der Waals surface area contributed by atoms with E-state index in [0.29, 0.717) is 11.1 Å². The van der Waals surface area contributed by atoms with Crippen molar-refractivity contribution in [3.05, 3.63) is 77.0 Å². The van der Waals surface area contributed by atoms with Crippen LogP contribution in [-0.4, -0.2) is 40.0 Å². The molecule has 0 unspecified atom stereocenters. The van der Waals surface area contributed by atoms with Gasteiger partial charge in [0.1, 0.15) is 6.54 Å². The lowest BCUT2D eigenvalue weighted by atomic mass is 10.1. The van der Waals surface area contributed by atoms with Gasteiger partial charge in [-0.05, 0) is 25.0 Å². The molecule has 31 heavy (non-hydrogen) atoms. The van der Waals surface area contributed by atoms with Gasteiger partial charge in [-0.3, -0.25) is 14.4 Å². The summed E-state index contributed by atoms with van der Waals surface area (Å²) in [7, 11) is 0. The van der Waals surface area contributed by atoms with Gasteiger partial charge >= 0.3 is 0 Å². The standard InChI is InChI=1S/C26H24N2O3/c29-24(27-13-7-1-2-8-14-27)17-28-16-18(19-9-5-6-12-23(19)28)15-22-25(30)20-10-3-4-11-21(20)26(22)31/h3-6,9-12,15-16H,1-2,7-8,13-14,17H2. The Morgan fingerprint density at radius 1 is 0.839 bits per heavy atom. The maximum absolute atomic E-state index is 13.0. The average Bonchev–Trinajstić information content (AvgIpc) is 3.08. The number of nitrogens with zero attached hydrogens (tertiary/aromatic N) is 2. The van der Waals surface area contributed by atoms with E-state index in [4.69, 9.17) is 0 Å². The summed E-state index contributed by atoms with van der Waals surface area (Å²) in [6.45, 7) is 1.89. The highest BCUT2D eigenvalue weighted by molar-refractivity contribution is 6.41. The van der Waals surface area contributed by atoms with Crippen molar-refractivity contribution in [3.8, 4) is 0 Å². The molecule has 0 saturated carbocycles. The van der Waals surface area contributed by atoms with Crippen LogP contribution < -0.4 is 0 Å². The number of allylic oxidation sites excluding steroid dienone is 1. The summed E-state index contributed by atoms with van der Waals surface area (Å²) in [5, 5.41) is 0.926. The third-order valence-corrected chi connectivity index (χ3v) is 6.29. The molecule has 5 heteroatoms. The molecule has 1 fully saturated rings. The molecule has 0 bridgehead atoms. The van der Waals surface area contributed by atoms with Gasteiger partial charge in [0.25, 0.3) is 0 Å². The second-order valence-corrected chi connectivity index (χ2v) is 8.29. The van der Waals surface area contributed by atoms with Crippen LogP contribution in [0.25, 0.3) is 17.0 Å². The highest BCUT2D eigenvalue weighted by Crippen LogP contribution is 2.30. The van der Waals surface area contributed by atoms with Gasteiger partial charge in [-0.1, -0.05) is 55.3 Å². The number of aromatic nitrogens is 1. The van der Waals surface area contributed by atoms with Gasteiger partial charge in [0.05, 0.1) is 5.57 Å². The zero-order valence-corrected chi connectivity index (χ0v) is 17.3. The highest BCUT2D eigenvalue weighted by atomic mass is 16.2. The Bertz CT molecular complexity index is 1190. The van der Waals surface area contributed by atoms with Gasteiger partial charge < -0.3 is 9.47 Å². The lowest BCUT2D eigenvalue weighted by Crippen LogP contribution is -2.34. The molecule has 5 rings (SSSR count). The van der Waals surface area contributed by atoms with Crippen LogP contribution in [0.4, 0.5) is 0 Å². The minimum Gasteiger partial charge on any atom is -0.341 e. The number of carbonyl (C=O) groups is 3. The van der Waals surface area contributed by atoms with Crippen LogP contribution in [0.15, 0.2) is 60.3 Å². The Balaban J connectivity index is 1.50. The van der Waals surface area contributed by atoms with Crippen molar-refractivity contribution in [2.45, 2.75) is 32.2 Å². The molecule has 0 N–H and O–H groups in total. The van der Waals surface area contributed by atoms with E-state index in [2.05, 4.69) is 0 Å². The van der Waals surface area contributed by atoms with Crippen molar-refractivity contribution < 1.29 is 14.4 Å². The van der Waals surface area contributed by atoms with Gasteiger partial charge in [0, 0.05) is 46.9 Å². The molecule has 2 aliphatic rings. The molecular weight excluding hydrogens is 388 g/mol. The molecule has 1 saturated heterocycles. The molecule has 2 heterocycles. The minimum atomic E-state index is -0.238. The van der Waals surface area contributed by atoms with Gasteiger partial charge in [0.2, 0.25) is 5.91 Å². The monoisotopic (exact) mass is 412 g/mol. The number of hydrogen-bond donors (Lipinski definition) is 0. The molecule has 1 aliphatic heterocycles. The first-order chi connectivity index (χ1) is 15.1. The Morgan fingerprint density at radius 2 is 1.45 bits per heavy atom. The van der Waals surface area contributed by atoms with E-state index in [0.717, 1.165) is 42.4 Å². The molecular formula is C26H24N2O3. The molecule has 0 atom stereocenters. The Hall–Kier alpha value is -3.47. The summed E-state index contributed by atoms with van der Waals surface area (Å²) in [4.78, 5) is 40.5. The largest absolute Gasteiger partial charge is 0.341 e. The fourth-order valence-corrected chi connectivity index (χ4v) is 4.65. The number of rotatable bonds is 3. The van der Waals surface area contributed by atoms with Crippen LogP contribution >= 0.6 is 0 Å². The Morgan fingerprint density at radius 3 is 2.13 bits per heavy atom. The van der Waals surface area contributed by atoms with Crippen molar-refractivity contribution >= 4 is 34.5 Å². The molecule has 1 amide bonds. The normalized spacial score (nSPS) is 16.5.